The third kappa shape index (κ3) is 48.0. The number of ether oxygens (including phenoxy) is 2. The highest BCUT2D eigenvalue weighted by Crippen LogP contribution is 2.43. The number of phosphoric ester groups is 1. The van der Waals surface area contributed by atoms with E-state index in [1.54, 1.807) is 0 Å². The van der Waals surface area contributed by atoms with Crippen LogP contribution in [0.4, 0.5) is 0 Å². The molecule has 1 N–H and O–H groups in total. The molecule has 0 saturated heterocycles. The van der Waals surface area contributed by atoms with Crippen LogP contribution in [0.3, 0.4) is 0 Å². The molecule has 9 heteroatoms. The molecule has 0 spiro atoms. The van der Waals surface area contributed by atoms with Gasteiger partial charge in [-0.3, -0.25) is 13.8 Å². The smallest absolute Gasteiger partial charge is 0.457 e. The van der Waals surface area contributed by atoms with Gasteiger partial charge in [0.15, 0.2) is 0 Å². The Kier molecular flexibility index (Phi) is 43.8. The van der Waals surface area contributed by atoms with Crippen molar-refractivity contribution in [2.45, 2.75) is 245 Å². The van der Waals surface area contributed by atoms with E-state index in [9.17, 15) is 14.3 Å². The number of phosphoric acid groups is 1. The highest BCUT2D eigenvalue weighted by Gasteiger charge is 2.26. The van der Waals surface area contributed by atoms with Crippen molar-refractivity contribution in [3.63, 3.8) is 0 Å². The lowest BCUT2D eigenvalue weighted by molar-refractivity contribution is -0.870. The zero-order valence-corrected chi connectivity index (χ0v) is 41.4. The van der Waals surface area contributed by atoms with Crippen molar-refractivity contribution >= 4 is 13.8 Å². The minimum Gasteiger partial charge on any atom is -0.457 e. The fraction of sp³-hybridized carbons (Fsp3) is 0.902. The van der Waals surface area contributed by atoms with E-state index in [0.717, 1.165) is 32.1 Å². The molecule has 0 aromatic carbocycles. The van der Waals surface area contributed by atoms with E-state index in [2.05, 4.69) is 38.2 Å². The lowest BCUT2D eigenvalue weighted by Gasteiger charge is -2.24. The van der Waals surface area contributed by atoms with Gasteiger partial charge in [-0.15, -0.1) is 0 Å². The molecule has 2 unspecified atom stereocenters. The molecule has 0 aliphatic rings. The van der Waals surface area contributed by atoms with Gasteiger partial charge in [-0.1, -0.05) is 192 Å². The van der Waals surface area contributed by atoms with Gasteiger partial charge >= 0.3 is 13.8 Å². The Labute approximate surface area is 373 Å². The van der Waals surface area contributed by atoms with Crippen LogP contribution >= 0.6 is 7.82 Å². The quantitative estimate of drug-likeness (QED) is 0.0214. The van der Waals surface area contributed by atoms with E-state index in [-0.39, 0.29) is 25.8 Å². The lowest BCUT2D eigenvalue weighted by Crippen LogP contribution is -2.37. The molecule has 0 saturated carbocycles. The summed E-state index contributed by atoms with van der Waals surface area (Å²) in [5, 5.41) is 0. The minimum absolute atomic E-state index is 0.0892. The predicted molar refractivity (Wildman–Crippen MR) is 257 cm³/mol. The number of unbranched alkanes of at least 4 members (excludes halogenated alkanes) is 30. The second kappa shape index (κ2) is 44.6. The molecule has 0 fully saturated rings. The fourth-order valence-electron chi connectivity index (χ4n) is 7.25. The number of esters is 1. The number of nitrogens with zero attached hydrogens (tertiary/aromatic N) is 1. The van der Waals surface area contributed by atoms with Gasteiger partial charge in [0.05, 0.1) is 34.4 Å². The molecule has 0 aromatic heterocycles. The second-order valence-electron chi connectivity index (χ2n) is 18.5. The summed E-state index contributed by atoms with van der Waals surface area (Å²) in [4.78, 5) is 23.0. The number of quaternary nitrogens is 1. The van der Waals surface area contributed by atoms with Crippen molar-refractivity contribution in [2.24, 2.45) is 0 Å². The number of carbonyl (C=O) groups is 1. The topological polar surface area (TPSA) is 91.3 Å². The summed E-state index contributed by atoms with van der Waals surface area (Å²) in [6, 6.07) is 0. The zero-order valence-electron chi connectivity index (χ0n) is 40.5. The van der Waals surface area contributed by atoms with Crippen molar-refractivity contribution in [2.75, 3.05) is 54.1 Å². The summed E-state index contributed by atoms with van der Waals surface area (Å²) in [5.41, 5.74) is 0. The van der Waals surface area contributed by atoms with Gasteiger partial charge in [-0.25, -0.2) is 4.57 Å². The second-order valence-corrected chi connectivity index (χ2v) is 20.0. The SMILES string of the molecule is CCCCC/C=C\CCCCCCCCOCC(COP(=O)(O)OCC[N+](C)(C)C)OC(=O)CCCCCCCCCCCCCCC/C=C\CCCCCCCCCC. The first kappa shape index (κ1) is 59.0. The first-order valence-corrected chi connectivity index (χ1v) is 27.1. The lowest BCUT2D eigenvalue weighted by atomic mass is 10.0. The Morgan fingerprint density at radius 3 is 1.30 bits per heavy atom. The standard InChI is InChI=1S/C51H100NO7P/c1-6-8-10-12-14-16-18-20-21-22-23-24-25-26-27-28-29-30-31-32-34-36-38-40-42-44-51(53)59-50(49-58-60(54,55)57-47-45-52(3,4)5)48-56-46-43-41-39-37-35-33-19-17-15-13-11-9-7-2/h15,17,22-23,50H,6-14,16,18-21,24-49H2,1-5H3/p+1/b17-15-,23-22-. The summed E-state index contributed by atoms with van der Waals surface area (Å²) in [6.45, 7) is 5.62. The Balaban J connectivity index is 4.05. The number of rotatable bonds is 48. The average molecular weight is 871 g/mol. The van der Waals surface area contributed by atoms with Crippen LogP contribution in [0, 0.1) is 0 Å². The summed E-state index contributed by atoms with van der Waals surface area (Å²) in [5.74, 6) is -0.313. The van der Waals surface area contributed by atoms with E-state index in [0.29, 0.717) is 24.1 Å². The number of carbonyl (C=O) groups excluding carboxylic acids is 1. The highest BCUT2D eigenvalue weighted by atomic mass is 31.2. The Morgan fingerprint density at radius 1 is 0.500 bits per heavy atom. The highest BCUT2D eigenvalue weighted by molar-refractivity contribution is 7.47. The van der Waals surface area contributed by atoms with Crippen molar-refractivity contribution in [1.82, 2.24) is 0 Å². The van der Waals surface area contributed by atoms with Gasteiger partial charge in [-0.2, -0.15) is 0 Å². The summed E-state index contributed by atoms with van der Waals surface area (Å²) in [6.07, 6.45) is 52.3. The molecule has 0 bridgehead atoms. The normalized spacial score (nSPS) is 13.8. The minimum atomic E-state index is -4.28. The van der Waals surface area contributed by atoms with Crippen LogP contribution in [0.5, 0.6) is 0 Å². The molecule has 8 nitrogen and oxygen atoms in total. The first-order chi connectivity index (χ1) is 29.1. The van der Waals surface area contributed by atoms with Gasteiger partial charge in [0.2, 0.25) is 0 Å². The molecule has 0 aromatic rings. The molecule has 0 heterocycles. The maximum Gasteiger partial charge on any atom is 0.472 e. The molecule has 60 heavy (non-hydrogen) atoms. The van der Waals surface area contributed by atoms with Gasteiger partial charge < -0.3 is 18.9 Å². The number of hydrogen-bond donors (Lipinski definition) is 1. The maximum absolute atomic E-state index is 12.7. The number of likely N-dealkylation sites (N-methyl/N-ethyl adjacent to an activating group) is 1. The Hall–Kier alpha value is -1.02. The molecule has 0 rings (SSSR count). The molecule has 356 valence electrons. The van der Waals surface area contributed by atoms with Crippen molar-refractivity contribution in [3.8, 4) is 0 Å². The third-order valence-electron chi connectivity index (χ3n) is 11.2. The van der Waals surface area contributed by atoms with Gasteiger partial charge in [0.1, 0.15) is 19.3 Å². The molecule has 0 radical (unpaired) electrons. The fourth-order valence-corrected chi connectivity index (χ4v) is 7.99. The molecule has 0 aliphatic carbocycles. The first-order valence-electron chi connectivity index (χ1n) is 25.6. The number of hydrogen-bond acceptors (Lipinski definition) is 6. The van der Waals surface area contributed by atoms with E-state index in [4.69, 9.17) is 18.5 Å². The molecule has 0 aliphatic heterocycles. The monoisotopic (exact) mass is 871 g/mol. The Bertz CT molecular complexity index is 1010. The predicted octanol–water partition coefficient (Wildman–Crippen LogP) is 15.6. The van der Waals surface area contributed by atoms with Crippen molar-refractivity contribution in [3.05, 3.63) is 24.3 Å². The average Bonchev–Trinajstić information content (AvgIpc) is 3.20. The largest absolute Gasteiger partial charge is 0.472 e. The van der Waals surface area contributed by atoms with Crippen LogP contribution in [0.15, 0.2) is 24.3 Å². The van der Waals surface area contributed by atoms with Crippen LogP contribution in [-0.4, -0.2) is 75.6 Å². The van der Waals surface area contributed by atoms with Crippen LogP contribution in [-0.2, 0) is 27.9 Å². The molecular weight excluding hydrogens is 770 g/mol. The molecular formula is C51H101NO7P+. The maximum atomic E-state index is 12.7. The van der Waals surface area contributed by atoms with E-state index in [1.165, 1.54) is 186 Å². The Morgan fingerprint density at radius 2 is 0.867 bits per heavy atom. The van der Waals surface area contributed by atoms with Crippen molar-refractivity contribution in [1.29, 1.82) is 0 Å². The van der Waals surface area contributed by atoms with Gasteiger partial charge in [-0.05, 0) is 64.2 Å². The van der Waals surface area contributed by atoms with Gasteiger partial charge in [0, 0.05) is 13.0 Å². The van der Waals surface area contributed by atoms with E-state index < -0.39 is 13.9 Å². The summed E-state index contributed by atoms with van der Waals surface area (Å²) < 4.78 is 35.1. The summed E-state index contributed by atoms with van der Waals surface area (Å²) in [7, 11) is 1.67. The van der Waals surface area contributed by atoms with Crippen LogP contribution in [0.2, 0.25) is 0 Å². The molecule has 0 amide bonds. The summed E-state index contributed by atoms with van der Waals surface area (Å²) >= 11 is 0. The van der Waals surface area contributed by atoms with E-state index >= 15 is 0 Å². The zero-order chi connectivity index (χ0) is 44.1. The van der Waals surface area contributed by atoms with Crippen LogP contribution in [0.1, 0.15) is 239 Å². The van der Waals surface area contributed by atoms with Gasteiger partial charge in [0.25, 0.3) is 0 Å². The molecule has 2 atom stereocenters. The van der Waals surface area contributed by atoms with Crippen LogP contribution in [0.25, 0.3) is 0 Å². The number of allylic oxidation sites excluding steroid dienone is 4. The van der Waals surface area contributed by atoms with E-state index in [1.807, 2.05) is 21.1 Å². The van der Waals surface area contributed by atoms with Crippen molar-refractivity contribution < 1.29 is 37.3 Å². The third-order valence-corrected chi connectivity index (χ3v) is 12.2. The van der Waals surface area contributed by atoms with Crippen LogP contribution < -0.4 is 0 Å².